The Kier molecular flexibility index (Phi) is 3.49. The molecule has 17 heavy (non-hydrogen) atoms. The first-order chi connectivity index (χ1) is 8.20. The summed E-state index contributed by atoms with van der Waals surface area (Å²) in [5.41, 5.74) is 3.87. The summed E-state index contributed by atoms with van der Waals surface area (Å²) in [6.07, 6.45) is -0.532. The normalized spacial score (nSPS) is 14.6. The summed E-state index contributed by atoms with van der Waals surface area (Å²) >= 11 is 5.65. The molecule has 0 radical (unpaired) electrons. The minimum atomic E-state index is -0.532. The lowest BCUT2D eigenvalue weighted by Crippen LogP contribution is -2.42. The number of hydrogen-bond donors (Lipinski definition) is 1. The number of amides is 2. The zero-order chi connectivity index (χ0) is 12.3. The molecule has 1 aromatic rings. The van der Waals surface area contributed by atoms with E-state index < -0.39 is 6.09 Å². The van der Waals surface area contributed by atoms with Crippen LogP contribution < -0.4 is 5.43 Å². The van der Waals surface area contributed by atoms with Gasteiger partial charge in [0.2, 0.25) is 0 Å². The second kappa shape index (κ2) is 5.05. The summed E-state index contributed by atoms with van der Waals surface area (Å²) in [5.74, 6) is 0.0605. The molecular weight excluding hydrogens is 244 g/mol. The van der Waals surface area contributed by atoms with Gasteiger partial charge in [-0.05, 0) is 17.7 Å². The number of ether oxygens (including phenoxy) is 1. The maximum atomic E-state index is 11.8. The Morgan fingerprint density at radius 1 is 1.41 bits per heavy atom. The minimum absolute atomic E-state index is 0.296. The Balaban J connectivity index is 2.01. The quantitative estimate of drug-likeness (QED) is 0.832. The number of nitrogens with one attached hydrogen (secondary N) is 1. The highest BCUT2D eigenvalue weighted by molar-refractivity contribution is 6.17. The van der Waals surface area contributed by atoms with Crippen LogP contribution in [0.25, 0.3) is 0 Å². The van der Waals surface area contributed by atoms with Crippen molar-refractivity contribution in [3.63, 3.8) is 0 Å². The lowest BCUT2D eigenvalue weighted by molar-refractivity contribution is 0.0831. The van der Waals surface area contributed by atoms with Gasteiger partial charge in [0.1, 0.15) is 6.61 Å². The molecule has 1 heterocycles. The van der Waals surface area contributed by atoms with Crippen LogP contribution >= 0.6 is 11.6 Å². The fourth-order valence-corrected chi connectivity index (χ4v) is 1.61. The molecule has 5 nitrogen and oxygen atoms in total. The average molecular weight is 255 g/mol. The van der Waals surface area contributed by atoms with Crippen molar-refractivity contribution in [2.24, 2.45) is 0 Å². The van der Waals surface area contributed by atoms with Crippen molar-refractivity contribution in [3.05, 3.63) is 35.4 Å². The highest BCUT2D eigenvalue weighted by Gasteiger charge is 2.23. The fourth-order valence-electron chi connectivity index (χ4n) is 1.43. The zero-order valence-electron chi connectivity index (χ0n) is 8.98. The molecular formula is C11H11ClN2O3. The summed E-state index contributed by atoms with van der Waals surface area (Å²) in [6, 6.07) is 6.86. The Morgan fingerprint density at radius 2 is 2.12 bits per heavy atom. The highest BCUT2D eigenvalue weighted by Crippen LogP contribution is 2.08. The van der Waals surface area contributed by atoms with Crippen LogP contribution in [0.2, 0.25) is 0 Å². The van der Waals surface area contributed by atoms with E-state index in [0.717, 1.165) is 10.6 Å². The van der Waals surface area contributed by atoms with Gasteiger partial charge in [-0.25, -0.2) is 9.80 Å². The number of halogens is 1. The van der Waals surface area contributed by atoms with Crippen LogP contribution in [0.15, 0.2) is 24.3 Å². The molecule has 1 fully saturated rings. The smallest absolute Gasteiger partial charge is 0.428 e. The van der Waals surface area contributed by atoms with Crippen molar-refractivity contribution in [2.75, 3.05) is 13.2 Å². The molecule has 0 aromatic heterocycles. The number of hydrogen-bond acceptors (Lipinski definition) is 3. The lowest BCUT2D eigenvalue weighted by Gasteiger charge is -2.13. The van der Waals surface area contributed by atoms with E-state index in [2.05, 4.69) is 5.43 Å². The SMILES string of the molecule is O=C(NN1CCOC1=O)c1ccc(CCl)cc1. The third kappa shape index (κ3) is 2.68. The van der Waals surface area contributed by atoms with Crippen LogP contribution in [0.5, 0.6) is 0 Å². The van der Waals surface area contributed by atoms with E-state index in [1.54, 1.807) is 24.3 Å². The molecule has 1 saturated heterocycles. The highest BCUT2D eigenvalue weighted by atomic mass is 35.5. The van der Waals surface area contributed by atoms with Crippen LogP contribution in [0.3, 0.4) is 0 Å². The van der Waals surface area contributed by atoms with E-state index >= 15 is 0 Å². The summed E-state index contributed by atoms with van der Waals surface area (Å²) < 4.78 is 4.69. The first-order valence-corrected chi connectivity index (χ1v) is 5.64. The van der Waals surface area contributed by atoms with Gasteiger partial charge >= 0.3 is 6.09 Å². The summed E-state index contributed by atoms with van der Waals surface area (Å²) in [6.45, 7) is 0.661. The number of nitrogens with zero attached hydrogens (tertiary/aromatic N) is 1. The predicted molar refractivity (Wildman–Crippen MR) is 61.5 cm³/mol. The van der Waals surface area contributed by atoms with Crippen LogP contribution in [-0.2, 0) is 10.6 Å². The Bertz CT molecular complexity index is 433. The third-order valence-electron chi connectivity index (χ3n) is 2.37. The molecule has 90 valence electrons. The molecule has 6 heteroatoms. The molecule has 0 atom stereocenters. The molecule has 1 aliphatic rings. The van der Waals surface area contributed by atoms with Gasteiger partial charge in [0, 0.05) is 11.4 Å². The van der Waals surface area contributed by atoms with Crippen molar-refractivity contribution in [3.8, 4) is 0 Å². The standard InChI is InChI=1S/C11H11ClN2O3/c12-7-8-1-3-9(4-2-8)10(15)13-14-5-6-17-11(14)16/h1-4H,5-7H2,(H,13,15). The van der Waals surface area contributed by atoms with Gasteiger partial charge in [-0.1, -0.05) is 12.1 Å². The second-order valence-corrected chi connectivity index (χ2v) is 3.80. The summed E-state index contributed by atoms with van der Waals surface area (Å²) in [5, 5.41) is 1.15. The number of alkyl halides is 1. The van der Waals surface area contributed by atoms with E-state index in [0.29, 0.717) is 24.6 Å². The van der Waals surface area contributed by atoms with Gasteiger partial charge in [-0.2, -0.15) is 0 Å². The Labute approximate surface area is 103 Å². The van der Waals surface area contributed by atoms with Crippen molar-refractivity contribution in [2.45, 2.75) is 5.88 Å². The van der Waals surface area contributed by atoms with Crippen LogP contribution in [-0.4, -0.2) is 30.2 Å². The van der Waals surface area contributed by atoms with Crippen LogP contribution in [0.4, 0.5) is 4.79 Å². The summed E-state index contributed by atoms with van der Waals surface area (Å²) in [7, 11) is 0. The predicted octanol–water partition coefficient (Wildman–Crippen LogP) is 1.52. The van der Waals surface area contributed by atoms with Crippen LogP contribution in [0, 0.1) is 0 Å². The van der Waals surface area contributed by atoms with Gasteiger partial charge in [0.05, 0.1) is 6.54 Å². The Morgan fingerprint density at radius 3 is 2.65 bits per heavy atom. The van der Waals surface area contributed by atoms with Crippen molar-refractivity contribution in [1.29, 1.82) is 0 Å². The number of hydrazine groups is 1. The van der Waals surface area contributed by atoms with E-state index in [1.165, 1.54) is 0 Å². The van der Waals surface area contributed by atoms with Gasteiger partial charge in [0.15, 0.2) is 0 Å². The molecule has 1 aliphatic heterocycles. The van der Waals surface area contributed by atoms with E-state index in [9.17, 15) is 9.59 Å². The van der Waals surface area contributed by atoms with Gasteiger partial charge < -0.3 is 4.74 Å². The van der Waals surface area contributed by atoms with Gasteiger partial charge in [-0.3, -0.25) is 10.2 Å². The maximum Gasteiger partial charge on any atom is 0.428 e. The van der Waals surface area contributed by atoms with Gasteiger partial charge in [0.25, 0.3) is 5.91 Å². The fraction of sp³-hybridized carbons (Fsp3) is 0.273. The number of benzene rings is 1. The zero-order valence-corrected chi connectivity index (χ0v) is 9.74. The molecule has 2 rings (SSSR count). The number of rotatable bonds is 3. The van der Waals surface area contributed by atoms with Crippen molar-refractivity contribution in [1.82, 2.24) is 10.4 Å². The maximum absolute atomic E-state index is 11.8. The molecule has 1 aromatic carbocycles. The van der Waals surface area contributed by atoms with Crippen molar-refractivity contribution >= 4 is 23.6 Å². The van der Waals surface area contributed by atoms with Crippen LogP contribution in [0.1, 0.15) is 15.9 Å². The number of carbonyl (C=O) groups is 2. The molecule has 0 saturated carbocycles. The monoisotopic (exact) mass is 254 g/mol. The van der Waals surface area contributed by atoms with Crippen molar-refractivity contribution < 1.29 is 14.3 Å². The third-order valence-corrected chi connectivity index (χ3v) is 2.68. The first-order valence-electron chi connectivity index (χ1n) is 5.11. The second-order valence-electron chi connectivity index (χ2n) is 3.54. The molecule has 2 amide bonds. The van der Waals surface area contributed by atoms with Gasteiger partial charge in [-0.15, -0.1) is 11.6 Å². The summed E-state index contributed by atoms with van der Waals surface area (Å²) in [4.78, 5) is 22.9. The molecule has 0 spiro atoms. The minimum Gasteiger partial charge on any atom is -0.446 e. The molecule has 0 bridgehead atoms. The first kappa shape index (κ1) is 11.7. The van der Waals surface area contributed by atoms with E-state index in [4.69, 9.17) is 16.3 Å². The number of cyclic esters (lactones) is 1. The van der Waals surface area contributed by atoms with E-state index in [1.807, 2.05) is 0 Å². The largest absolute Gasteiger partial charge is 0.446 e. The molecule has 0 unspecified atom stereocenters. The Hall–Kier alpha value is -1.75. The lowest BCUT2D eigenvalue weighted by atomic mass is 10.1. The topological polar surface area (TPSA) is 58.6 Å². The number of carbonyl (C=O) groups excluding carboxylic acids is 2. The molecule has 1 N–H and O–H groups in total. The average Bonchev–Trinajstić information content (AvgIpc) is 2.75. The molecule has 0 aliphatic carbocycles. The van der Waals surface area contributed by atoms with E-state index in [-0.39, 0.29) is 5.91 Å².